The summed E-state index contributed by atoms with van der Waals surface area (Å²) in [5.41, 5.74) is 7.38. The number of hydrogen-bond acceptors (Lipinski definition) is 3. The van der Waals surface area contributed by atoms with Crippen LogP contribution in [-0.4, -0.2) is 9.97 Å². The molecule has 0 aliphatic carbocycles. The van der Waals surface area contributed by atoms with Crippen molar-refractivity contribution in [3.8, 4) is 0 Å². The second kappa shape index (κ2) is 5.50. The summed E-state index contributed by atoms with van der Waals surface area (Å²) < 4.78 is 27.7. The number of anilines is 2. The molecule has 0 radical (unpaired) electrons. The Morgan fingerprint density at radius 2 is 1.75 bits per heavy atom. The molecule has 0 aliphatic heterocycles. The second-order valence-electron chi connectivity index (χ2n) is 4.36. The standard InChI is InChI=1S/C14H13F2N3S/c1-7-3-5-10(8(2)18-7)19-11-6-4-9(14(17)20)12(15)13(11)16/h3-6,19H,1-2H3,(H2,17,20). The van der Waals surface area contributed by atoms with Gasteiger partial charge in [-0.25, -0.2) is 8.78 Å². The summed E-state index contributed by atoms with van der Waals surface area (Å²) in [5.74, 6) is -2.07. The van der Waals surface area contributed by atoms with E-state index in [9.17, 15) is 8.78 Å². The molecule has 1 aromatic carbocycles. The Morgan fingerprint density at radius 1 is 1.10 bits per heavy atom. The van der Waals surface area contributed by atoms with E-state index in [4.69, 9.17) is 5.73 Å². The van der Waals surface area contributed by atoms with Crippen LogP contribution in [-0.2, 0) is 0 Å². The minimum Gasteiger partial charge on any atom is -0.389 e. The fourth-order valence-electron chi connectivity index (χ4n) is 1.80. The first-order chi connectivity index (χ1) is 9.40. The highest BCUT2D eigenvalue weighted by molar-refractivity contribution is 7.80. The highest BCUT2D eigenvalue weighted by Crippen LogP contribution is 2.25. The van der Waals surface area contributed by atoms with E-state index in [2.05, 4.69) is 22.5 Å². The van der Waals surface area contributed by atoms with Crippen molar-refractivity contribution < 1.29 is 8.78 Å². The molecule has 104 valence electrons. The minimum absolute atomic E-state index is 0.0104. The van der Waals surface area contributed by atoms with E-state index in [1.807, 2.05) is 6.92 Å². The second-order valence-corrected chi connectivity index (χ2v) is 4.80. The zero-order valence-corrected chi connectivity index (χ0v) is 11.8. The Balaban J connectivity index is 2.39. The lowest BCUT2D eigenvalue weighted by Crippen LogP contribution is -2.13. The van der Waals surface area contributed by atoms with Crippen molar-refractivity contribution in [2.75, 3.05) is 5.32 Å². The van der Waals surface area contributed by atoms with Crippen LogP contribution in [0.2, 0.25) is 0 Å². The largest absolute Gasteiger partial charge is 0.389 e. The first-order valence-electron chi connectivity index (χ1n) is 5.89. The summed E-state index contributed by atoms with van der Waals surface area (Å²) in [6, 6.07) is 6.29. The number of nitrogens with one attached hydrogen (secondary N) is 1. The summed E-state index contributed by atoms with van der Waals surface area (Å²) in [6.07, 6.45) is 0. The quantitative estimate of drug-likeness (QED) is 0.852. The zero-order valence-electron chi connectivity index (χ0n) is 11.0. The summed E-state index contributed by atoms with van der Waals surface area (Å²) in [4.78, 5) is 4.07. The van der Waals surface area contributed by atoms with E-state index in [0.717, 1.165) is 5.69 Å². The number of hydrogen-bond donors (Lipinski definition) is 2. The number of pyridine rings is 1. The Labute approximate surface area is 120 Å². The predicted octanol–water partition coefficient (Wildman–Crippen LogP) is 3.35. The van der Waals surface area contributed by atoms with Crippen LogP contribution in [0.5, 0.6) is 0 Å². The Bertz CT molecular complexity index is 686. The predicted molar refractivity (Wildman–Crippen MR) is 79.2 cm³/mol. The van der Waals surface area contributed by atoms with Gasteiger partial charge in [-0.3, -0.25) is 4.98 Å². The smallest absolute Gasteiger partial charge is 0.182 e. The van der Waals surface area contributed by atoms with Gasteiger partial charge in [-0.2, -0.15) is 0 Å². The third kappa shape index (κ3) is 2.75. The maximum Gasteiger partial charge on any atom is 0.182 e. The number of aromatic nitrogens is 1. The molecule has 0 saturated heterocycles. The lowest BCUT2D eigenvalue weighted by atomic mass is 10.1. The SMILES string of the molecule is Cc1ccc(Nc2ccc(C(N)=S)c(F)c2F)c(C)n1. The fraction of sp³-hybridized carbons (Fsp3) is 0.143. The summed E-state index contributed by atoms with van der Waals surface area (Å²) in [7, 11) is 0. The number of rotatable bonds is 3. The summed E-state index contributed by atoms with van der Waals surface area (Å²) in [6.45, 7) is 3.64. The highest BCUT2D eigenvalue weighted by Gasteiger charge is 2.15. The van der Waals surface area contributed by atoms with Gasteiger partial charge in [0.25, 0.3) is 0 Å². The minimum atomic E-state index is -1.06. The first kappa shape index (κ1) is 14.3. The van der Waals surface area contributed by atoms with E-state index in [0.29, 0.717) is 11.4 Å². The highest BCUT2D eigenvalue weighted by atomic mass is 32.1. The normalized spacial score (nSPS) is 10.4. The molecule has 1 aromatic heterocycles. The molecule has 1 heterocycles. The first-order valence-corrected chi connectivity index (χ1v) is 6.30. The maximum atomic E-state index is 13.9. The van der Waals surface area contributed by atoms with Crippen molar-refractivity contribution in [3.05, 3.63) is 52.9 Å². The van der Waals surface area contributed by atoms with E-state index in [1.54, 1.807) is 19.1 Å². The van der Waals surface area contributed by atoms with E-state index >= 15 is 0 Å². The summed E-state index contributed by atoms with van der Waals surface area (Å²) >= 11 is 4.66. The zero-order chi connectivity index (χ0) is 14.9. The van der Waals surface area contributed by atoms with Gasteiger partial charge in [0.2, 0.25) is 0 Å². The molecule has 3 N–H and O–H groups in total. The van der Waals surface area contributed by atoms with E-state index in [1.165, 1.54) is 12.1 Å². The average Bonchev–Trinajstić information content (AvgIpc) is 2.37. The molecule has 0 fully saturated rings. The Kier molecular flexibility index (Phi) is 3.94. The lowest BCUT2D eigenvalue weighted by Gasteiger charge is -2.12. The van der Waals surface area contributed by atoms with Crippen molar-refractivity contribution in [2.24, 2.45) is 5.73 Å². The van der Waals surface area contributed by atoms with Crippen molar-refractivity contribution in [2.45, 2.75) is 13.8 Å². The van der Waals surface area contributed by atoms with Gasteiger partial charge in [-0.05, 0) is 38.1 Å². The molecule has 0 amide bonds. The monoisotopic (exact) mass is 293 g/mol. The molecular formula is C14H13F2N3S. The van der Waals surface area contributed by atoms with Crippen LogP contribution in [0.25, 0.3) is 0 Å². The van der Waals surface area contributed by atoms with Crippen LogP contribution in [0.3, 0.4) is 0 Å². The lowest BCUT2D eigenvalue weighted by molar-refractivity contribution is 0.510. The van der Waals surface area contributed by atoms with Gasteiger partial charge < -0.3 is 11.1 Å². The van der Waals surface area contributed by atoms with Gasteiger partial charge in [0.15, 0.2) is 11.6 Å². The number of aryl methyl sites for hydroxylation is 2. The molecule has 2 rings (SSSR count). The Morgan fingerprint density at radius 3 is 2.35 bits per heavy atom. The molecule has 0 saturated carbocycles. The molecular weight excluding hydrogens is 280 g/mol. The topological polar surface area (TPSA) is 50.9 Å². The van der Waals surface area contributed by atoms with E-state index < -0.39 is 11.6 Å². The van der Waals surface area contributed by atoms with Gasteiger partial charge in [0, 0.05) is 11.3 Å². The molecule has 0 unspecified atom stereocenters. The van der Waals surface area contributed by atoms with Crippen LogP contribution < -0.4 is 11.1 Å². The summed E-state index contributed by atoms with van der Waals surface area (Å²) in [5, 5.41) is 2.81. The maximum absolute atomic E-state index is 13.9. The van der Waals surface area contributed by atoms with Crippen molar-refractivity contribution >= 4 is 28.6 Å². The third-order valence-electron chi connectivity index (χ3n) is 2.84. The number of nitrogens with two attached hydrogens (primary N) is 1. The van der Waals surface area contributed by atoms with Crippen LogP contribution in [0.4, 0.5) is 20.2 Å². The third-order valence-corrected chi connectivity index (χ3v) is 3.06. The molecule has 20 heavy (non-hydrogen) atoms. The molecule has 0 bridgehead atoms. The van der Waals surface area contributed by atoms with Gasteiger partial charge in [-0.1, -0.05) is 12.2 Å². The molecule has 0 aliphatic rings. The van der Waals surface area contributed by atoms with Crippen LogP contribution in [0.15, 0.2) is 24.3 Å². The molecule has 3 nitrogen and oxygen atoms in total. The molecule has 2 aromatic rings. The number of halogens is 2. The van der Waals surface area contributed by atoms with Crippen molar-refractivity contribution in [1.29, 1.82) is 0 Å². The number of thiocarbonyl (C=S) groups is 1. The molecule has 6 heteroatoms. The van der Waals surface area contributed by atoms with Gasteiger partial charge >= 0.3 is 0 Å². The van der Waals surface area contributed by atoms with Gasteiger partial charge in [0.05, 0.1) is 17.1 Å². The van der Waals surface area contributed by atoms with Crippen molar-refractivity contribution in [3.63, 3.8) is 0 Å². The van der Waals surface area contributed by atoms with Crippen LogP contribution in [0, 0.1) is 25.5 Å². The van der Waals surface area contributed by atoms with Crippen LogP contribution in [0.1, 0.15) is 17.0 Å². The van der Waals surface area contributed by atoms with E-state index in [-0.39, 0.29) is 16.2 Å². The van der Waals surface area contributed by atoms with Crippen molar-refractivity contribution in [1.82, 2.24) is 4.98 Å². The van der Waals surface area contributed by atoms with Gasteiger partial charge in [-0.15, -0.1) is 0 Å². The number of benzene rings is 1. The number of nitrogens with zero attached hydrogens (tertiary/aromatic N) is 1. The average molecular weight is 293 g/mol. The molecule has 0 spiro atoms. The molecule has 0 atom stereocenters. The fourth-order valence-corrected chi connectivity index (χ4v) is 1.96. The van der Waals surface area contributed by atoms with Crippen LogP contribution >= 0.6 is 12.2 Å². The Hall–Kier alpha value is -2.08. The van der Waals surface area contributed by atoms with Gasteiger partial charge in [0.1, 0.15) is 4.99 Å².